The van der Waals surface area contributed by atoms with Crippen molar-refractivity contribution in [3.8, 4) is 0 Å². The van der Waals surface area contributed by atoms with Crippen molar-refractivity contribution in [1.82, 2.24) is 0 Å². The van der Waals surface area contributed by atoms with E-state index in [2.05, 4.69) is 5.32 Å². The van der Waals surface area contributed by atoms with Gasteiger partial charge in [0.25, 0.3) is 5.69 Å². The van der Waals surface area contributed by atoms with Crippen LogP contribution in [0.1, 0.15) is 11.6 Å². The summed E-state index contributed by atoms with van der Waals surface area (Å²) >= 11 is 0. The Kier molecular flexibility index (Phi) is 3.95. The SMILES string of the molecule is O=C(O)C(Nc1ccccc1)c1ccc([N+](=O)[O-])cc1. The number of aliphatic carboxylic acids is 1. The molecular formula is C14H12N2O4. The molecule has 0 radical (unpaired) electrons. The van der Waals surface area contributed by atoms with Gasteiger partial charge in [-0.3, -0.25) is 10.1 Å². The van der Waals surface area contributed by atoms with Crippen LogP contribution in [0.4, 0.5) is 11.4 Å². The van der Waals surface area contributed by atoms with Crippen LogP contribution in [-0.4, -0.2) is 16.0 Å². The van der Waals surface area contributed by atoms with Crippen molar-refractivity contribution in [1.29, 1.82) is 0 Å². The summed E-state index contributed by atoms with van der Waals surface area (Å²) in [6.45, 7) is 0. The Hall–Kier alpha value is -2.89. The Morgan fingerprint density at radius 1 is 1.10 bits per heavy atom. The number of non-ortho nitro benzene ring substituents is 1. The fraction of sp³-hybridized carbons (Fsp3) is 0.0714. The van der Waals surface area contributed by atoms with E-state index >= 15 is 0 Å². The molecular weight excluding hydrogens is 260 g/mol. The van der Waals surface area contributed by atoms with Crippen LogP contribution in [0.25, 0.3) is 0 Å². The molecule has 2 aromatic rings. The van der Waals surface area contributed by atoms with Crippen molar-refractivity contribution >= 4 is 17.3 Å². The minimum absolute atomic E-state index is 0.0717. The first-order valence-electron chi connectivity index (χ1n) is 5.86. The van der Waals surface area contributed by atoms with E-state index in [0.29, 0.717) is 11.3 Å². The number of carbonyl (C=O) groups is 1. The third-order valence-corrected chi connectivity index (χ3v) is 2.77. The topological polar surface area (TPSA) is 92.5 Å². The van der Waals surface area contributed by atoms with Crippen LogP contribution < -0.4 is 5.32 Å². The highest BCUT2D eigenvalue weighted by atomic mass is 16.6. The van der Waals surface area contributed by atoms with E-state index < -0.39 is 16.9 Å². The summed E-state index contributed by atoms with van der Waals surface area (Å²) < 4.78 is 0. The van der Waals surface area contributed by atoms with Gasteiger partial charge >= 0.3 is 5.97 Å². The van der Waals surface area contributed by atoms with Gasteiger partial charge in [-0.25, -0.2) is 4.79 Å². The molecule has 1 unspecified atom stereocenters. The molecule has 2 rings (SSSR count). The van der Waals surface area contributed by atoms with Crippen LogP contribution in [0.3, 0.4) is 0 Å². The Bertz CT molecular complexity index is 611. The second-order valence-corrected chi connectivity index (χ2v) is 4.13. The van der Waals surface area contributed by atoms with Gasteiger partial charge in [0, 0.05) is 17.8 Å². The van der Waals surface area contributed by atoms with Crippen LogP contribution in [0.2, 0.25) is 0 Å². The first-order valence-corrected chi connectivity index (χ1v) is 5.86. The maximum absolute atomic E-state index is 11.3. The van der Waals surface area contributed by atoms with Gasteiger partial charge in [0.15, 0.2) is 6.04 Å². The average Bonchev–Trinajstić information content (AvgIpc) is 2.45. The molecule has 0 aliphatic heterocycles. The van der Waals surface area contributed by atoms with Crippen LogP contribution >= 0.6 is 0 Å². The fourth-order valence-electron chi connectivity index (χ4n) is 1.78. The zero-order valence-corrected chi connectivity index (χ0v) is 10.4. The van der Waals surface area contributed by atoms with Gasteiger partial charge in [0.2, 0.25) is 0 Å². The molecule has 2 N–H and O–H groups in total. The summed E-state index contributed by atoms with van der Waals surface area (Å²) in [6.07, 6.45) is 0. The minimum atomic E-state index is -1.05. The van der Waals surface area contributed by atoms with Crippen LogP contribution in [-0.2, 0) is 4.79 Å². The maximum Gasteiger partial charge on any atom is 0.330 e. The third kappa shape index (κ3) is 3.11. The first kappa shape index (κ1) is 13.5. The molecule has 0 aromatic heterocycles. The van der Waals surface area contributed by atoms with Gasteiger partial charge in [-0.1, -0.05) is 18.2 Å². The number of nitrogens with zero attached hydrogens (tertiary/aromatic N) is 1. The third-order valence-electron chi connectivity index (χ3n) is 2.77. The lowest BCUT2D eigenvalue weighted by molar-refractivity contribution is -0.384. The van der Waals surface area contributed by atoms with Gasteiger partial charge in [-0.15, -0.1) is 0 Å². The first-order chi connectivity index (χ1) is 9.58. The smallest absolute Gasteiger partial charge is 0.330 e. The normalized spacial score (nSPS) is 11.6. The molecule has 0 amide bonds. The molecule has 0 bridgehead atoms. The van der Waals surface area contributed by atoms with Crippen molar-refractivity contribution in [2.45, 2.75) is 6.04 Å². The van der Waals surface area contributed by atoms with E-state index in [1.807, 2.05) is 6.07 Å². The number of anilines is 1. The number of rotatable bonds is 5. The number of carboxylic acid groups (broad SMARTS) is 1. The number of carboxylic acids is 1. The van der Waals surface area contributed by atoms with Crippen molar-refractivity contribution < 1.29 is 14.8 Å². The van der Waals surface area contributed by atoms with E-state index in [0.717, 1.165) is 0 Å². The molecule has 1 atom stereocenters. The van der Waals surface area contributed by atoms with Crippen molar-refractivity contribution in [2.24, 2.45) is 0 Å². The lowest BCUT2D eigenvalue weighted by Gasteiger charge is -2.15. The Balaban J connectivity index is 2.25. The van der Waals surface area contributed by atoms with Gasteiger partial charge in [-0.05, 0) is 29.8 Å². The molecule has 2 aromatic carbocycles. The standard InChI is InChI=1S/C14H12N2O4/c17-14(18)13(15-11-4-2-1-3-5-11)10-6-8-12(9-7-10)16(19)20/h1-9,13,15H,(H,17,18). The largest absolute Gasteiger partial charge is 0.479 e. The molecule has 0 aliphatic rings. The quantitative estimate of drug-likeness (QED) is 0.645. The van der Waals surface area contributed by atoms with Crippen LogP contribution in [0, 0.1) is 10.1 Å². The van der Waals surface area contributed by atoms with E-state index in [-0.39, 0.29) is 5.69 Å². The zero-order valence-electron chi connectivity index (χ0n) is 10.4. The van der Waals surface area contributed by atoms with Gasteiger partial charge in [0.1, 0.15) is 0 Å². The molecule has 102 valence electrons. The second kappa shape index (κ2) is 5.83. The summed E-state index contributed by atoms with van der Waals surface area (Å²) in [5, 5.41) is 22.7. The zero-order chi connectivity index (χ0) is 14.5. The second-order valence-electron chi connectivity index (χ2n) is 4.13. The van der Waals surface area contributed by atoms with E-state index in [1.54, 1.807) is 24.3 Å². The van der Waals surface area contributed by atoms with E-state index in [4.69, 9.17) is 0 Å². The van der Waals surface area contributed by atoms with Gasteiger partial charge in [-0.2, -0.15) is 0 Å². The maximum atomic E-state index is 11.3. The number of hydrogen-bond acceptors (Lipinski definition) is 4. The lowest BCUT2D eigenvalue weighted by Crippen LogP contribution is -2.20. The highest BCUT2D eigenvalue weighted by Crippen LogP contribution is 2.22. The van der Waals surface area contributed by atoms with E-state index in [1.165, 1.54) is 24.3 Å². The Morgan fingerprint density at radius 3 is 2.20 bits per heavy atom. The lowest BCUT2D eigenvalue weighted by atomic mass is 10.1. The number of benzene rings is 2. The summed E-state index contributed by atoms with van der Waals surface area (Å²) in [5.41, 5.74) is 1.04. The fourth-order valence-corrected chi connectivity index (χ4v) is 1.78. The monoisotopic (exact) mass is 272 g/mol. The molecule has 20 heavy (non-hydrogen) atoms. The summed E-state index contributed by atoms with van der Waals surface area (Å²) in [5.74, 6) is -1.05. The average molecular weight is 272 g/mol. The number of nitro benzene ring substituents is 1. The number of hydrogen-bond donors (Lipinski definition) is 2. The predicted molar refractivity (Wildman–Crippen MR) is 73.5 cm³/mol. The predicted octanol–water partition coefficient (Wildman–Crippen LogP) is 2.83. The molecule has 6 nitrogen and oxygen atoms in total. The number of nitrogens with one attached hydrogen (secondary N) is 1. The van der Waals surface area contributed by atoms with Gasteiger partial charge in [0.05, 0.1) is 4.92 Å². The highest BCUT2D eigenvalue weighted by molar-refractivity contribution is 5.79. The minimum Gasteiger partial charge on any atom is -0.479 e. The molecule has 6 heteroatoms. The van der Waals surface area contributed by atoms with Crippen LogP contribution in [0.5, 0.6) is 0 Å². The summed E-state index contributed by atoms with van der Waals surface area (Å²) in [6, 6.07) is 13.4. The van der Waals surface area contributed by atoms with Crippen LogP contribution in [0.15, 0.2) is 54.6 Å². The molecule has 0 saturated heterocycles. The Morgan fingerprint density at radius 2 is 1.70 bits per heavy atom. The van der Waals surface area contributed by atoms with Crippen molar-refractivity contribution in [3.05, 3.63) is 70.3 Å². The molecule has 0 saturated carbocycles. The van der Waals surface area contributed by atoms with E-state index in [9.17, 15) is 20.0 Å². The van der Waals surface area contributed by atoms with Crippen molar-refractivity contribution in [2.75, 3.05) is 5.32 Å². The highest BCUT2D eigenvalue weighted by Gasteiger charge is 2.20. The molecule has 0 fully saturated rings. The molecule has 0 heterocycles. The number of nitro groups is 1. The molecule has 0 aliphatic carbocycles. The summed E-state index contributed by atoms with van der Waals surface area (Å²) in [4.78, 5) is 21.4. The Labute approximate surface area is 114 Å². The molecule has 0 spiro atoms. The number of para-hydroxylation sites is 1. The van der Waals surface area contributed by atoms with Crippen molar-refractivity contribution in [3.63, 3.8) is 0 Å². The summed E-state index contributed by atoms with van der Waals surface area (Å²) in [7, 11) is 0. The van der Waals surface area contributed by atoms with Gasteiger partial charge < -0.3 is 10.4 Å².